The summed E-state index contributed by atoms with van der Waals surface area (Å²) in [6, 6.07) is 0. The zero-order valence-electron chi connectivity index (χ0n) is 16.2. The van der Waals surface area contributed by atoms with Crippen LogP contribution in [-0.2, 0) is 19.0 Å². The molecular weight excluding hydrogens is 334 g/mol. The van der Waals surface area contributed by atoms with E-state index < -0.39 is 12.3 Å². The lowest BCUT2D eigenvalue weighted by Crippen LogP contribution is -2.38. The standard InChI is InChI=1S/C20H35NO5/c1-4-5-6-7-10-18(11-12-19(22)25-17(2)3)26-20(23)24-16-9-15-21-13-8-14-21/h17-18H,2-16H2,1H3. The van der Waals surface area contributed by atoms with Gasteiger partial charge in [0.2, 0.25) is 0 Å². The van der Waals surface area contributed by atoms with Crippen LogP contribution >= 0.6 is 0 Å². The molecule has 1 aliphatic heterocycles. The van der Waals surface area contributed by atoms with E-state index in [1.807, 2.05) is 0 Å². The highest BCUT2D eigenvalue weighted by atomic mass is 16.7. The first-order valence-corrected chi connectivity index (χ1v) is 9.92. The van der Waals surface area contributed by atoms with Crippen molar-refractivity contribution in [2.24, 2.45) is 0 Å². The van der Waals surface area contributed by atoms with Crippen molar-refractivity contribution in [3.05, 3.63) is 13.8 Å². The number of carbonyl (C=O) groups excluding carboxylic acids is 2. The molecule has 1 unspecified atom stereocenters. The first kappa shape index (κ1) is 22.7. The monoisotopic (exact) mass is 369 g/mol. The average molecular weight is 370 g/mol. The number of hydrogen-bond acceptors (Lipinski definition) is 6. The summed E-state index contributed by atoms with van der Waals surface area (Å²) in [5.74, 6) is -0.370. The minimum atomic E-state index is -0.644. The van der Waals surface area contributed by atoms with Gasteiger partial charge in [-0.2, -0.15) is 0 Å². The fourth-order valence-electron chi connectivity index (χ4n) is 2.80. The molecule has 0 aromatic carbocycles. The number of nitrogens with zero attached hydrogens (tertiary/aromatic N) is 1. The van der Waals surface area contributed by atoms with Crippen LogP contribution in [0.2, 0.25) is 0 Å². The molecule has 0 saturated carbocycles. The van der Waals surface area contributed by atoms with E-state index in [1.54, 1.807) is 0 Å². The minimum Gasteiger partial charge on any atom is -0.462 e. The summed E-state index contributed by atoms with van der Waals surface area (Å²) in [5, 5.41) is 0. The predicted octanol–water partition coefficient (Wildman–Crippen LogP) is 3.93. The molecule has 1 atom stereocenters. The lowest BCUT2D eigenvalue weighted by atomic mass is 10.1. The maximum Gasteiger partial charge on any atom is 0.508 e. The molecule has 0 aromatic heterocycles. The van der Waals surface area contributed by atoms with Crippen molar-refractivity contribution >= 4 is 12.1 Å². The Kier molecular flexibility index (Phi) is 12.1. The molecular formula is C20H35NO5. The van der Waals surface area contributed by atoms with Crippen LogP contribution in [0.25, 0.3) is 0 Å². The normalized spacial score (nSPS) is 15.4. The van der Waals surface area contributed by atoms with Crippen LogP contribution in [0.5, 0.6) is 0 Å². The van der Waals surface area contributed by atoms with Gasteiger partial charge >= 0.3 is 12.1 Å². The highest BCUT2D eigenvalue weighted by Crippen LogP contribution is 2.15. The molecule has 1 heterocycles. The van der Waals surface area contributed by atoms with E-state index in [0.717, 1.165) is 58.2 Å². The van der Waals surface area contributed by atoms with Crippen LogP contribution < -0.4 is 0 Å². The summed E-state index contributed by atoms with van der Waals surface area (Å²) in [5.41, 5.74) is 0. The van der Waals surface area contributed by atoms with E-state index in [4.69, 9.17) is 14.2 Å². The summed E-state index contributed by atoms with van der Waals surface area (Å²) in [4.78, 5) is 25.9. The SMILES string of the molecule is [CH2]C([CH2])OC(=O)CCC(CCCCCC)OC(=O)OCCCN1CCC1. The number of carbonyl (C=O) groups is 2. The van der Waals surface area contributed by atoms with E-state index in [-0.39, 0.29) is 18.5 Å². The summed E-state index contributed by atoms with van der Waals surface area (Å²) >= 11 is 0. The van der Waals surface area contributed by atoms with E-state index in [2.05, 4.69) is 25.7 Å². The zero-order chi connectivity index (χ0) is 19.2. The molecule has 26 heavy (non-hydrogen) atoms. The van der Waals surface area contributed by atoms with Gasteiger partial charge in [-0.25, -0.2) is 4.79 Å². The van der Waals surface area contributed by atoms with Gasteiger partial charge in [0.25, 0.3) is 0 Å². The third-order valence-corrected chi connectivity index (χ3v) is 4.40. The summed E-state index contributed by atoms with van der Waals surface area (Å²) in [7, 11) is 0. The number of esters is 1. The van der Waals surface area contributed by atoms with Crippen LogP contribution in [0.1, 0.15) is 64.7 Å². The van der Waals surface area contributed by atoms with Gasteiger partial charge in [0.15, 0.2) is 0 Å². The van der Waals surface area contributed by atoms with E-state index in [0.29, 0.717) is 13.0 Å². The Balaban J connectivity index is 2.25. The molecule has 0 spiro atoms. The zero-order valence-corrected chi connectivity index (χ0v) is 16.2. The summed E-state index contributed by atoms with van der Waals surface area (Å²) in [6.45, 7) is 12.8. The molecule has 0 amide bonds. The largest absolute Gasteiger partial charge is 0.508 e. The smallest absolute Gasteiger partial charge is 0.462 e. The van der Waals surface area contributed by atoms with Crippen LogP contribution in [0.15, 0.2) is 0 Å². The Morgan fingerprint density at radius 2 is 1.81 bits per heavy atom. The van der Waals surface area contributed by atoms with Gasteiger partial charge in [-0.15, -0.1) is 0 Å². The molecule has 1 fully saturated rings. The van der Waals surface area contributed by atoms with Crippen molar-refractivity contribution in [1.29, 1.82) is 0 Å². The highest BCUT2D eigenvalue weighted by Gasteiger charge is 2.18. The third kappa shape index (κ3) is 11.3. The van der Waals surface area contributed by atoms with Crippen molar-refractivity contribution < 1.29 is 23.8 Å². The van der Waals surface area contributed by atoms with Crippen molar-refractivity contribution in [2.75, 3.05) is 26.2 Å². The van der Waals surface area contributed by atoms with Gasteiger partial charge in [0.05, 0.1) is 6.61 Å². The summed E-state index contributed by atoms with van der Waals surface area (Å²) in [6.07, 6.45) is 6.18. The molecule has 0 aromatic rings. The number of hydrogen-bond donors (Lipinski definition) is 0. The topological polar surface area (TPSA) is 65.1 Å². The number of rotatable bonds is 14. The van der Waals surface area contributed by atoms with Gasteiger partial charge in [-0.05, 0) is 59.0 Å². The second-order valence-corrected chi connectivity index (χ2v) is 6.89. The van der Waals surface area contributed by atoms with Crippen molar-refractivity contribution in [1.82, 2.24) is 4.90 Å². The lowest BCUT2D eigenvalue weighted by molar-refractivity contribution is -0.146. The highest BCUT2D eigenvalue weighted by molar-refractivity contribution is 5.69. The van der Waals surface area contributed by atoms with Crippen molar-refractivity contribution in [2.45, 2.75) is 76.9 Å². The number of likely N-dealkylation sites (tertiary alicyclic amines) is 1. The Bertz CT molecular complexity index is 396. The Morgan fingerprint density at radius 1 is 1.04 bits per heavy atom. The van der Waals surface area contributed by atoms with Gasteiger partial charge in [-0.3, -0.25) is 4.79 Å². The minimum absolute atomic E-state index is 0.183. The van der Waals surface area contributed by atoms with E-state index in [9.17, 15) is 9.59 Å². The molecule has 0 N–H and O–H groups in total. The Labute approximate surface area is 158 Å². The number of unbranched alkanes of at least 4 members (excludes halogenated alkanes) is 3. The molecule has 1 rings (SSSR count). The van der Waals surface area contributed by atoms with Crippen LogP contribution in [-0.4, -0.2) is 55.5 Å². The fraction of sp³-hybridized carbons (Fsp3) is 0.800. The molecule has 1 aliphatic rings. The van der Waals surface area contributed by atoms with E-state index in [1.165, 1.54) is 6.42 Å². The molecule has 2 radical (unpaired) electrons. The number of ether oxygens (including phenoxy) is 3. The molecule has 0 bridgehead atoms. The third-order valence-electron chi connectivity index (χ3n) is 4.40. The van der Waals surface area contributed by atoms with Gasteiger partial charge < -0.3 is 19.1 Å². The molecule has 6 heteroatoms. The first-order valence-electron chi connectivity index (χ1n) is 9.92. The Morgan fingerprint density at radius 3 is 2.42 bits per heavy atom. The van der Waals surface area contributed by atoms with Gasteiger partial charge in [0, 0.05) is 13.0 Å². The maximum absolute atomic E-state index is 11.9. The second-order valence-electron chi connectivity index (χ2n) is 6.89. The van der Waals surface area contributed by atoms with Crippen molar-refractivity contribution in [3.8, 4) is 0 Å². The first-order chi connectivity index (χ1) is 12.5. The lowest BCUT2D eigenvalue weighted by Gasteiger charge is -2.30. The predicted molar refractivity (Wildman–Crippen MR) is 100 cm³/mol. The Hall–Kier alpha value is -1.30. The second kappa shape index (κ2) is 13.8. The van der Waals surface area contributed by atoms with Gasteiger partial charge in [-0.1, -0.05) is 26.2 Å². The quantitative estimate of drug-likeness (QED) is 0.341. The molecule has 150 valence electrons. The fourth-order valence-corrected chi connectivity index (χ4v) is 2.80. The molecule has 6 nitrogen and oxygen atoms in total. The maximum atomic E-state index is 11.9. The summed E-state index contributed by atoms with van der Waals surface area (Å²) < 4.78 is 15.5. The average Bonchev–Trinajstić information content (AvgIpc) is 2.53. The molecule has 0 aliphatic carbocycles. The van der Waals surface area contributed by atoms with Crippen LogP contribution in [0, 0.1) is 13.8 Å². The van der Waals surface area contributed by atoms with Crippen LogP contribution in [0.4, 0.5) is 4.79 Å². The van der Waals surface area contributed by atoms with E-state index >= 15 is 0 Å². The van der Waals surface area contributed by atoms with Crippen LogP contribution in [0.3, 0.4) is 0 Å². The van der Waals surface area contributed by atoms with Gasteiger partial charge in [0.1, 0.15) is 12.2 Å². The molecule has 1 saturated heterocycles. The van der Waals surface area contributed by atoms with Crippen molar-refractivity contribution in [3.63, 3.8) is 0 Å².